The number of hydrogen-bond acceptors (Lipinski definition) is 11. The smallest absolute Gasteiger partial charge is 0.319 e. The Morgan fingerprint density at radius 2 is 2.10 bits per heavy atom. The van der Waals surface area contributed by atoms with Gasteiger partial charge in [0.1, 0.15) is 47.6 Å². The topological polar surface area (TPSA) is 136 Å². The van der Waals surface area contributed by atoms with Crippen LogP contribution < -0.4 is 25.4 Å². The Hall–Kier alpha value is -4.08. The molecule has 10 nitrogen and oxygen atoms in total. The van der Waals surface area contributed by atoms with Crippen molar-refractivity contribution in [2.45, 2.75) is 49.9 Å². The van der Waals surface area contributed by atoms with Crippen molar-refractivity contribution in [2.75, 3.05) is 57.1 Å². The van der Waals surface area contributed by atoms with Gasteiger partial charge in [0.15, 0.2) is 11.6 Å². The molecule has 2 saturated heterocycles. The van der Waals surface area contributed by atoms with Crippen LogP contribution in [0.25, 0.3) is 32.1 Å². The number of thiophene rings is 1. The number of nitrogen functional groups attached to an aromatic ring is 1. The lowest BCUT2D eigenvalue weighted by molar-refractivity contribution is 0.107. The molecular formula is C33H32ClF3N8O2S. The van der Waals surface area contributed by atoms with Gasteiger partial charge in [-0.1, -0.05) is 17.7 Å². The van der Waals surface area contributed by atoms with E-state index in [4.69, 9.17) is 31.8 Å². The largest absolute Gasteiger partial charge is 0.489 e. The number of aromatic nitrogens is 2. The lowest BCUT2D eigenvalue weighted by Crippen LogP contribution is -2.43. The highest BCUT2D eigenvalue weighted by Gasteiger charge is 2.49. The van der Waals surface area contributed by atoms with Gasteiger partial charge in [0.25, 0.3) is 0 Å². The van der Waals surface area contributed by atoms with Gasteiger partial charge < -0.3 is 25.4 Å². The summed E-state index contributed by atoms with van der Waals surface area (Å²) in [5, 5.41) is 23.1. The number of nitriles is 2. The maximum Gasteiger partial charge on any atom is 0.319 e. The third kappa shape index (κ3) is 5.22. The molecule has 0 aliphatic carbocycles. The normalized spacial score (nSPS) is 22.0. The number of anilines is 2. The Morgan fingerprint density at radius 3 is 2.88 bits per heavy atom. The van der Waals surface area contributed by atoms with Crippen LogP contribution in [-0.2, 0) is 0 Å². The van der Waals surface area contributed by atoms with Crippen molar-refractivity contribution < 1.29 is 22.6 Å². The van der Waals surface area contributed by atoms with Crippen molar-refractivity contribution in [1.82, 2.24) is 20.2 Å². The van der Waals surface area contributed by atoms with Crippen molar-refractivity contribution in [2.24, 2.45) is 0 Å². The molecule has 0 amide bonds. The summed E-state index contributed by atoms with van der Waals surface area (Å²) < 4.78 is 59.3. The molecule has 0 radical (unpaired) electrons. The molecule has 3 atom stereocenters. The average Bonchev–Trinajstić information content (AvgIpc) is 3.68. The minimum atomic E-state index is -0.968. The maximum atomic E-state index is 17.2. The zero-order valence-electron chi connectivity index (χ0n) is 26.1. The van der Waals surface area contributed by atoms with Crippen molar-refractivity contribution in [3.8, 4) is 35.0 Å². The highest BCUT2D eigenvalue weighted by atomic mass is 35.5. The quantitative estimate of drug-likeness (QED) is 0.202. The summed E-state index contributed by atoms with van der Waals surface area (Å²) in [6, 6.07) is 6.17. The van der Waals surface area contributed by atoms with Gasteiger partial charge in [-0.25, -0.2) is 13.2 Å². The van der Waals surface area contributed by atoms with Crippen LogP contribution in [-0.4, -0.2) is 79.1 Å². The lowest BCUT2D eigenvalue weighted by atomic mass is 9.95. The van der Waals surface area contributed by atoms with Gasteiger partial charge in [-0.3, -0.25) is 4.90 Å². The van der Waals surface area contributed by atoms with Crippen molar-refractivity contribution in [1.29, 1.82) is 10.5 Å². The van der Waals surface area contributed by atoms with Crippen LogP contribution in [0, 0.1) is 34.3 Å². The fourth-order valence-corrected chi connectivity index (χ4v) is 8.75. The predicted octanol–water partition coefficient (Wildman–Crippen LogP) is 5.94. The molecule has 5 heterocycles. The number of fused-ring (bicyclic) bond motifs is 2. The summed E-state index contributed by atoms with van der Waals surface area (Å²) in [6.07, 6.45) is 1.78. The standard InChI is InChI=1S/C33H32ClF3N8O2S/c1-41-9-3-11-45-18(6-8-38)15-46-28-24-27(42-32(43-31(24)45)47-16-33-7-2-10-44(33)14-17(35)12-33)26(37)23(25(28)34)19-4-5-21(36)29-22(19)20(13-39)30(40)48-29/h4-5,17-18,41H,2-3,6-7,9-12,14-16,40H2,1H3/t17-,18?,33+/m1/s1. The molecule has 2 aromatic carbocycles. The molecule has 15 heteroatoms. The van der Waals surface area contributed by atoms with E-state index in [0.29, 0.717) is 38.3 Å². The molecule has 0 bridgehead atoms. The molecule has 2 fully saturated rings. The first kappa shape index (κ1) is 32.5. The third-order valence-electron chi connectivity index (χ3n) is 9.66. The molecule has 1 unspecified atom stereocenters. The van der Waals surface area contributed by atoms with Gasteiger partial charge in [-0.05, 0) is 51.0 Å². The first-order valence-corrected chi connectivity index (χ1v) is 17.0. The van der Waals surface area contributed by atoms with Crippen LogP contribution in [0.15, 0.2) is 12.1 Å². The Kier molecular flexibility index (Phi) is 8.62. The van der Waals surface area contributed by atoms with E-state index < -0.39 is 29.4 Å². The molecular weight excluding hydrogens is 665 g/mol. The van der Waals surface area contributed by atoms with Gasteiger partial charge in [0, 0.05) is 30.5 Å². The zero-order valence-corrected chi connectivity index (χ0v) is 27.7. The summed E-state index contributed by atoms with van der Waals surface area (Å²) >= 11 is 7.91. The van der Waals surface area contributed by atoms with Crippen LogP contribution >= 0.6 is 22.9 Å². The molecule has 250 valence electrons. The summed E-state index contributed by atoms with van der Waals surface area (Å²) in [6.45, 7) is 2.37. The molecule has 2 aromatic heterocycles. The second-order valence-corrected chi connectivity index (χ2v) is 13.9. The highest BCUT2D eigenvalue weighted by molar-refractivity contribution is 7.23. The third-order valence-corrected chi connectivity index (χ3v) is 11.0. The Morgan fingerprint density at radius 1 is 1.27 bits per heavy atom. The fraction of sp³-hybridized carbons (Fsp3) is 0.455. The lowest BCUT2D eigenvalue weighted by Gasteiger charge is -2.32. The molecule has 3 N–H and O–H groups in total. The number of benzene rings is 2. The first-order valence-electron chi connectivity index (χ1n) is 15.8. The summed E-state index contributed by atoms with van der Waals surface area (Å²) in [7, 11) is 1.83. The molecule has 48 heavy (non-hydrogen) atoms. The number of halogens is 4. The van der Waals surface area contributed by atoms with E-state index in [2.05, 4.69) is 21.3 Å². The molecule has 0 saturated carbocycles. The van der Waals surface area contributed by atoms with Crippen molar-refractivity contribution >= 4 is 54.7 Å². The minimum absolute atomic E-state index is 0.00662. The van der Waals surface area contributed by atoms with E-state index in [1.807, 2.05) is 18.0 Å². The van der Waals surface area contributed by atoms with Crippen LogP contribution in [0.4, 0.5) is 24.0 Å². The minimum Gasteiger partial charge on any atom is -0.489 e. The van der Waals surface area contributed by atoms with Gasteiger partial charge in [0.2, 0.25) is 0 Å². The zero-order chi connectivity index (χ0) is 33.7. The Labute approximate surface area is 283 Å². The fourth-order valence-electron chi connectivity index (χ4n) is 7.47. The van der Waals surface area contributed by atoms with Crippen LogP contribution in [0.3, 0.4) is 0 Å². The van der Waals surface area contributed by atoms with Crippen LogP contribution in [0.2, 0.25) is 5.02 Å². The molecule has 7 rings (SSSR count). The Balaban J connectivity index is 1.46. The Bertz CT molecular complexity index is 2020. The van der Waals surface area contributed by atoms with Gasteiger partial charge in [-0.15, -0.1) is 11.3 Å². The number of alkyl halides is 1. The number of nitrogens with two attached hydrogens (primary N) is 1. The average molecular weight is 697 g/mol. The monoisotopic (exact) mass is 696 g/mol. The second-order valence-electron chi connectivity index (χ2n) is 12.5. The summed E-state index contributed by atoms with van der Waals surface area (Å²) in [5.41, 5.74) is 5.43. The number of nitrogens with one attached hydrogen (secondary N) is 1. The molecule has 0 spiro atoms. The van der Waals surface area contributed by atoms with E-state index in [-0.39, 0.29) is 79.1 Å². The molecule has 3 aliphatic rings. The van der Waals surface area contributed by atoms with Crippen molar-refractivity contribution in [3.05, 3.63) is 34.4 Å². The molecule has 4 aromatic rings. The summed E-state index contributed by atoms with van der Waals surface area (Å²) in [4.78, 5) is 13.4. The first-order chi connectivity index (χ1) is 23.2. The van der Waals surface area contributed by atoms with Gasteiger partial charge in [-0.2, -0.15) is 20.5 Å². The van der Waals surface area contributed by atoms with E-state index in [9.17, 15) is 19.3 Å². The van der Waals surface area contributed by atoms with Gasteiger partial charge >= 0.3 is 6.01 Å². The number of hydrogen-bond donors (Lipinski definition) is 2. The maximum absolute atomic E-state index is 17.2. The van der Waals surface area contributed by atoms with Crippen LogP contribution in [0.5, 0.6) is 11.8 Å². The van der Waals surface area contributed by atoms with Crippen LogP contribution in [0.1, 0.15) is 37.7 Å². The highest BCUT2D eigenvalue weighted by Crippen LogP contribution is 2.51. The van der Waals surface area contributed by atoms with Gasteiger partial charge in [0.05, 0.1) is 44.7 Å². The SMILES string of the molecule is CNCCCN1c2nc(OC[C@@]34CCCN3C[C@H](F)C4)nc3c(F)c(-c4ccc(F)c5sc(N)c(C#N)c45)c(Cl)c(c23)OCC1CC#N. The molecule has 3 aliphatic heterocycles. The van der Waals surface area contributed by atoms with E-state index in [0.717, 1.165) is 30.7 Å². The van der Waals surface area contributed by atoms with E-state index in [1.54, 1.807) is 0 Å². The second kappa shape index (κ2) is 12.7. The number of nitrogens with zero attached hydrogens (tertiary/aromatic N) is 6. The van der Waals surface area contributed by atoms with E-state index >= 15 is 4.39 Å². The number of ether oxygens (including phenoxy) is 2. The predicted molar refractivity (Wildman–Crippen MR) is 178 cm³/mol. The number of rotatable bonds is 9. The summed E-state index contributed by atoms with van der Waals surface area (Å²) in [5.74, 6) is -1.07. The van der Waals surface area contributed by atoms with E-state index in [1.165, 1.54) is 12.1 Å². The van der Waals surface area contributed by atoms with Crippen molar-refractivity contribution in [3.63, 3.8) is 0 Å².